The van der Waals surface area contributed by atoms with Gasteiger partial charge < -0.3 is 12.3 Å². The van der Waals surface area contributed by atoms with E-state index < -0.39 is 0 Å². The molecule has 0 amide bonds. The van der Waals surface area contributed by atoms with Crippen molar-refractivity contribution in [2.24, 2.45) is 0 Å². The molecule has 58 valence electrons. The van der Waals surface area contributed by atoms with E-state index >= 15 is 0 Å². The molecule has 0 aliphatic carbocycles. The van der Waals surface area contributed by atoms with Crippen molar-refractivity contribution in [2.75, 3.05) is 14.2 Å². The quantitative estimate of drug-likeness (QED) is 0.618. The fourth-order valence-electron chi connectivity index (χ4n) is 0.728. The Morgan fingerprint density at radius 3 is 1.91 bits per heavy atom. The first-order valence-corrected chi connectivity index (χ1v) is 3.05. The predicted molar refractivity (Wildman–Crippen MR) is 47.5 cm³/mol. The number of ether oxygens (including phenoxy) is 2. The molecule has 0 aromatic heterocycles. The molecule has 1 rings (SSSR count). The minimum atomic E-state index is 0. The summed E-state index contributed by atoms with van der Waals surface area (Å²) in [6.45, 7) is 0. The molecule has 0 radical (unpaired) electrons. The predicted octanol–water partition coefficient (Wildman–Crippen LogP) is 1.55. The monoisotopic (exact) mass is 164 g/mol. The molecule has 11 heavy (non-hydrogen) atoms. The van der Waals surface area contributed by atoms with Gasteiger partial charge in [-0.25, -0.2) is 0 Å². The van der Waals surface area contributed by atoms with Gasteiger partial charge in [0.15, 0.2) is 0 Å². The Morgan fingerprint density at radius 2 is 1.55 bits per heavy atom. The van der Waals surface area contributed by atoms with Crippen LogP contribution in [0.1, 0.15) is 2.85 Å². The van der Waals surface area contributed by atoms with Crippen LogP contribution in [0.4, 0.5) is 0 Å². The number of methoxy groups -OCH3 is 2. The van der Waals surface area contributed by atoms with E-state index in [-0.39, 0.29) is 25.9 Å². The van der Waals surface area contributed by atoms with Crippen LogP contribution in [0.25, 0.3) is 0 Å². The second-order valence-corrected chi connectivity index (χ2v) is 1.88. The molecule has 0 aliphatic heterocycles. The zero-order chi connectivity index (χ0) is 7.40. The van der Waals surface area contributed by atoms with Crippen LogP contribution in [-0.4, -0.2) is 37.3 Å². The number of hydrogen-bond donors (Lipinski definition) is 0. The first-order chi connectivity index (χ1) is 4.86. The molecule has 1 aromatic rings. The van der Waals surface area contributed by atoms with E-state index in [0.717, 1.165) is 11.5 Å². The van der Waals surface area contributed by atoms with Crippen molar-refractivity contribution >= 4 is 23.1 Å². The molecule has 1 aromatic carbocycles. The molecule has 0 saturated carbocycles. The van der Waals surface area contributed by atoms with Crippen LogP contribution in [0.5, 0.6) is 11.5 Å². The largest absolute Gasteiger partial charge is 2.00 e. The number of rotatable bonds is 2. The molecule has 2 nitrogen and oxygen atoms in total. The van der Waals surface area contributed by atoms with Gasteiger partial charge in [0.1, 0.15) is 11.5 Å². The molecule has 0 heterocycles. The zero-order valence-electron chi connectivity index (χ0n) is 8.83. The van der Waals surface area contributed by atoms with Crippen molar-refractivity contribution in [2.45, 2.75) is 0 Å². The van der Waals surface area contributed by atoms with Crippen LogP contribution in [0.15, 0.2) is 24.3 Å². The second-order valence-electron chi connectivity index (χ2n) is 1.88. The van der Waals surface area contributed by atoms with Gasteiger partial charge in [-0.15, -0.1) is 0 Å². The smallest absolute Gasteiger partial charge is 1.00 e. The molecule has 0 fully saturated rings. The van der Waals surface area contributed by atoms with Gasteiger partial charge in [-0.3, -0.25) is 0 Å². The Kier molecular flexibility index (Phi) is 5.07. The first-order valence-electron chi connectivity index (χ1n) is 3.05. The van der Waals surface area contributed by atoms with Crippen molar-refractivity contribution in [3.8, 4) is 11.5 Å². The van der Waals surface area contributed by atoms with Crippen LogP contribution in [-0.2, 0) is 0 Å². The summed E-state index contributed by atoms with van der Waals surface area (Å²) in [5.41, 5.74) is 0. The second kappa shape index (κ2) is 5.26. The van der Waals surface area contributed by atoms with E-state index in [1.54, 1.807) is 14.2 Å². The standard InChI is InChI=1S/C8H10O2.Mg.2H/c1-9-7-4-3-5-8(6-7)10-2;;;/h3-6H,1-2H3;;;/q;+2;2*-1. The van der Waals surface area contributed by atoms with E-state index in [4.69, 9.17) is 9.47 Å². The Labute approximate surface area is 85.6 Å². The molecular weight excluding hydrogens is 152 g/mol. The maximum Gasteiger partial charge on any atom is 2.00 e. The Hall–Kier alpha value is -0.414. The maximum atomic E-state index is 4.98. The summed E-state index contributed by atoms with van der Waals surface area (Å²) in [7, 11) is 3.27. The normalized spacial score (nSPS) is 8.18. The summed E-state index contributed by atoms with van der Waals surface area (Å²) in [5.74, 6) is 1.64. The first kappa shape index (κ1) is 10.6. The topological polar surface area (TPSA) is 18.5 Å². The zero-order valence-corrected chi connectivity index (χ0v) is 8.25. The summed E-state index contributed by atoms with van der Waals surface area (Å²) >= 11 is 0. The average molecular weight is 164 g/mol. The van der Waals surface area contributed by atoms with Gasteiger partial charge in [-0.05, 0) is 12.1 Å². The van der Waals surface area contributed by atoms with E-state index in [1.807, 2.05) is 24.3 Å². The third kappa shape index (κ3) is 2.99. The van der Waals surface area contributed by atoms with E-state index in [9.17, 15) is 0 Å². The Bertz CT molecular complexity index is 202. The van der Waals surface area contributed by atoms with Crippen LogP contribution < -0.4 is 9.47 Å². The van der Waals surface area contributed by atoms with Gasteiger partial charge in [0.2, 0.25) is 0 Å². The van der Waals surface area contributed by atoms with E-state index in [2.05, 4.69) is 0 Å². The molecular formula is C8H12MgO2. The summed E-state index contributed by atoms with van der Waals surface area (Å²) in [4.78, 5) is 0. The molecule has 0 atom stereocenters. The van der Waals surface area contributed by atoms with E-state index in [0.29, 0.717) is 0 Å². The maximum absolute atomic E-state index is 4.98. The molecule has 0 saturated heterocycles. The van der Waals surface area contributed by atoms with Crippen molar-refractivity contribution in [1.82, 2.24) is 0 Å². The SMILES string of the molecule is COc1cccc(OC)c1.[H-].[H-].[Mg+2]. The van der Waals surface area contributed by atoms with Crippen molar-refractivity contribution < 1.29 is 12.3 Å². The fraction of sp³-hybridized carbons (Fsp3) is 0.250. The molecule has 0 aliphatic rings. The Morgan fingerprint density at radius 1 is 1.09 bits per heavy atom. The van der Waals surface area contributed by atoms with Gasteiger partial charge in [-0.2, -0.15) is 0 Å². The number of hydrogen-bond acceptors (Lipinski definition) is 2. The minimum absolute atomic E-state index is 0. The number of benzene rings is 1. The van der Waals surface area contributed by atoms with Crippen molar-refractivity contribution in [1.29, 1.82) is 0 Å². The van der Waals surface area contributed by atoms with Gasteiger partial charge in [0, 0.05) is 6.07 Å². The fourth-order valence-corrected chi connectivity index (χ4v) is 0.728. The average Bonchev–Trinajstić information content (AvgIpc) is 2.05. The van der Waals surface area contributed by atoms with Crippen molar-refractivity contribution in [3.63, 3.8) is 0 Å². The molecule has 3 heteroatoms. The van der Waals surface area contributed by atoms with Gasteiger partial charge in [-0.1, -0.05) is 6.07 Å². The molecule has 0 bridgehead atoms. The van der Waals surface area contributed by atoms with Gasteiger partial charge in [0.05, 0.1) is 14.2 Å². The molecule has 0 unspecified atom stereocenters. The summed E-state index contributed by atoms with van der Waals surface area (Å²) < 4.78 is 9.95. The summed E-state index contributed by atoms with van der Waals surface area (Å²) in [6, 6.07) is 7.47. The van der Waals surface area contributed by atoms with Crippen LogP contribution in [0.3, 0.4) is 0 Å². The van der Waals surface area contributed by atoms with Gasteiger partial charge >= 0.3 is 23.1 Å². The van der Waals surface area contributed by atoms with E-state index in [1.165, 1.54) is 0 Å². The van der Waals surface area contributed by atoms with Crippen LogP contribution in [0, 0.1) is 0 Å². The molecule has 0 N–H and O–H groups in total. The Balaban J connectivity index is -0.000000333. The van der Waals surface area contributed by atoms with Crippen LogP contribution >= 0.6 is 0 Å². The third-order valence-corrected chi connectivity index (χ3v) is 1.28. The van der Waals surface area contributed by atoms with Crippen molar-refractivity contribution in [3.05, 3.63) is 24.3 Å². The minimum Gasteiger partial charge on any atom is -1.00 e. The third-order valence-electron chi connectivity index (χ3n) is 1.28. The molecule has 0 spiro atoms. The van der Waals surface area contributed by atoms with Crippen LogP contribution in [0.2, 0.25) is 0 Å². The summed E-state index contributed by atoms with van der Waals surface area (Å²) in [6.07, 6.45) is 0. The summed E-state index contributed by atoms with van der Waals surface area (Å²) in [5, 5.41) is 0. The van der Waals surface area contributed by atoms with Gasteiger partial charge in [0.25, 0.3) is 0 Å².